The summed E-state index contributed by atoms with van der Waals surface area (Å²) in [6.45, 7) is 21.0. The molecule has 3 saturated carbocycles. The largest absolute Gasteiger partial charge is 0.353 e. The van der Waals surface area contributed by atoms with Crippen LogP contribution in [0.5, 0.6) is 0 Å². The highest BCUT2D eigenvalue weighted by molar-refractivity contribution is 5.84. The lowest BCUT2D eigenvalue weighted by atomic mass is 9.33. The van der Waals surface area contributed by atoms with Gasteiger partial charge in [-0.15, -0.1) is 0 Å². The van der Waals surface area contributed by atoms with Gasteiger partial charge in [-0.2, -0.15) is 5.10 Å². The van der Waals surface area contributed by atoms with Crippen LogP contribution in [0.3, 0.4) is 0 Å². The molecule has 1 aliphatic heterocycles. The van der Waals surface area contributed by atoms with Crippen LogP contribution in [-0.4, -0.2) is 40.1 Å². The average Bonchev–Trinajstić information content (AvgIpc) is 3.51. The second-order valence-corrected chi connectivity index (χ2v) is 19.5. The van der Waals surface area contributed by atoms with Crippen LogP contribution in [0.15, 0.2) is 48.2 Å². The van der Waals surface area contributed by atoms with E-state index in [0.717, 1.165) is 77.4 Å². The van der Waals surface area contributed by atoms with E-state index in [9.17, 15) is 4.79 Å². The van der Waals surface area contributed by atoms with Crippen molar-refractivity contribution in [1.82, 2.24) is 20.4 Å². The summed E-state index contributed by atoms with van der Waals surface area (Å²) in [5, 5.41) is 11.7. The van der Waals surface area contributed by atoms with Crippen LogP contribution in [0.2, 0.25) is 0 Å². The number of allylic oxidation sites excluding steroid dienone is 2. The standard InChI is InChI=1S/C43H62N4O/c1-38(2)19-21-43(37(48)45-31-16-23-47(24-17-31)28-29-11-9-8-10-12-29)22-20-41(6)32(33(43)26-38)13-14-35-40(5)25-30-27-44-46-36(30)39(3,4)34(40)15-18-42(35,41)7/h8-13,27,31,33-35H,14-26,28H2,1-7H3,(H,44,46)(H,45,48)/t33-,34?,35+,40-,41+,42+,43-/m0/s1. The van der Waals surface area contributed by atoms with Crippen LogP contribution in [-0.2, 0) is 23.2 Å². The van der Waals surface area contributed by atoms with Crippen molar-refractivity contribution in [2.45, 2.75) is 137 Å². The van der Waals surface area contributed by atoms with Crippen LogP contribution >= 0.6 is 0 Å². The minimum absolute atomic E-state index is 0.107. The van der Waals surface area contributed by atoms with Crippen molar-refractivity contribution in [2.75, 3.05) is 13.1 Å². The monoisotopic (exact) mass is 650 g/mol. The zero-order valence-corrected chi connectivity index (χ0v) is 31.1. The number of rotatable bonds is 4. The van der Waals surface area contributed by atoms with E-state index in [4.69, 9.17) is 0 Å². The Morgan fingerprint density at radius 2 is 1.65 bits per heavy atom. The fraction of sp³-hybridized carbons (Fsp3) is 0.721. The molecule has 1 aromatic heterocycles. The second kappa shape index (κ2) is 11.0. The Bertz CT molecular complexity index is 1580. The molecular formula is C43H62N4O. The predicted molar refractivity (Wildman–Crippen MR) is 194 cm³/mol. The number of nitrogens with one attached hydrogen (secondary N) is 2. The molecule has 2 heterocycles. The van der Waals surface area contributed by atoms with Crippen molar-refractivity contribution < 1.29 is 4.79 Å². The summed E-state index contributed by atoms with van der Waals surface area (Å²) in [4.78, 5) is 17.4. The molecule has 0 radical (unpaired) electrons. The molecule has 5 heteroatoms. The van der Waals surface area contributed by atoms with Gasteiger partial charge in [0.25, 0.3) is 0 Å². The first kappa shape index (κ1) is 32.8. The van der Waals surface area contributed by atoms with Gasteiger partial charge in [0.15, 0.2) is 0 Å². The topological polar surface area (TPSA) is 61.0 Å². The summed E-state index contributed by atoms with van der Waals surface area (Å²) >= 11 is 0. The molecular weight excluding hydrogens is 589 g/mol. The fourth-order valence-electron chi connectivity index (χ4n) is 13.4. The average molecular weight is 651 g/mol. The number of hydrogen-bond donors (Lipinski definition) is 2. The molecule has 7 atom stereocenters. The molecule has 0 bridgehead atoms. The highest BCUT2D eigenvalue weighted by Crippen LogP contribution is 2.75. The first-order valence-electron chi connectivity index (χ1n) is 19.5. The van der Waals surface area contributed by atoms with Gasteiger partial charge in [0.05, 0.1) is 11.6 Å². The van der Waals surface area contributed by atoms with Crippen molar-refractivity contribution in [2.24, 2.45) is 44.8 Å². The van der Waals surface area contributed by atoms with Gasteiger partial charge in [0.2, 0.25) is 5.91 Å². The molecule has 2 aromatic rings. The number of aromatic amines is 1. The highest BCUT2D eigenvalue weighted by Gasteiger charge is 2.69. The molecule has 5 nitrogen and oxygen atoms in total. The number of H-pyrrole nitrogens is 1. The maximum absolute atomic E-state index is 14.8. The third-order valence-electron chi connectivity index (χ3n) is 16.3. The lowest BCUT2D eigenvalue weighted by Crippen LogP contribution is -2.65. The van der Waals surface area contributed by atoms with Crippen LogP contribution in [0, 0.1) is 44.8 Å². The third-order valence-corrected chi connectivity index (χ3v) is 16.3. The lowest BCUT2D eigenvalue weighted by molar-refractivity contribution is -0.168. The zero-order chi connectivity index (χ0) is 33.7. The number of hydrogen-bond acceptors (Lipinski definition) is 3. The molecule has 260 valence electrons. The Kier molecular flexibility index (Phi) is 7.55. The summed E-state index contributed by atoms with van der Waals surface area (Å²) in [5.41, 5.74) is 6.61. The summed E-state index contributed by atoms with van der Waals surface area (Å²) in [6, 6.07) is 11.1. The van der Waals surface area contributed by atoms with Gasteiger partial charge in [-0.3, -0.25) is 14.8 Å². The van der Waals surface area contributed by atoms with E-state index in [1.54, 1.807) is 5.57 Å². The first-order chi connectivity index (χ1) is 22.7. The zero-order valence-electron chi connectivity index (χ0n) is 31.1. The van der Waals surface area contributed by atoms with Crippen molar-refractivity contribution in [1.29, 1.82) is 0 Å². The minimum atomic E-state index is -0.259. The number of carbonyl (C=O) groups is 1. The van der Waals surface area contributed by atoms with Crippen molar-refractivity contribution in [3.63, 3.8) is 0 Å². The maximum Gasteiger partial charge on any atom is 0.227 e. The summed E-state index contributed by atoms with van der Waals surface area (Å²) in [7, 11) is 0. The van der Waals surface area contributed by atoms with Gasteiger partial charge in [0, 0.05) is 36.8 Å². The maximum atomic E-state index is 14.8. The third kappa shape index (κ3) is 4.71. The van der Waals surface area contributed by atoms with E-state index in [-0.39, 0.29) is 32.5 Å². The number of nitrogens with zero attached hydrogens (tertiary/aromatic N) is 2. The Morgan fingerprint density at radius 3 is 2.40 bits per heavy atom. The van der Waals surface area contributed by atoms with E-state index < -0.39 is 0 Å². The van der Waals surface area contributed by atoms with Gasteiger partial charge >= 0.3 is 0 Å². The molecule has 0 spiro atoms. The van der Waals surface area contributed by atoms with Gasteiger partial charge in [-0.05, 0) is 121 Å². The fourth-order valence-corrected chi connectivity index (χ4v) is 13.4. The normalized spacial score (nSPS) is 40.3. The summed E-state index contributed by atoms with van der Waals surface area (Å²) in [5.74, 6) is 2.02. The van der Waals surface area contributed by atoms with Crippen LogP contribution in [0.1, 0.15) is 129 Å². The Labute approximate surface area is 290 Å². The number of aromatic nitrogens is 2. The Balaban J connectivity index is 1.06. The number of amides is 1. The molecule has 5 aliphatic carbocycles. The number of likely N-dealkylation sites (tertiary alicyclic amines) is 1. The smallest absolute Gasteiger partial charge is 0.227 e. The quantitative estimate of drug-likeness (QED) is 0.325. The van der Waals surface area contributed by atoms with Gasteiger partial charge in [-0.25, -0.2) is 0 Å². The van der Waals surface area contributed by atoms with E-state index in [1.807, 2.05) is 0 Å². The molecule has 1 unspecified atom stereocenters. The Hall–Kier alpha value is -2.40. The molecule has 8 rings (SSSR count). The van der Waals surface area contributed by atoms with Crippen molar-refractivity contribution >= 4 is 5.91 Å². The minimum Gasteiger partial charge on any atom is -0.353 e. The molecule has 1 amide bonds. The highest BCUT2D eigenvalue weighted by atomic mass is 16.2. The number of benzene rings is 1. The van der Waals surface area contributed by atoms with E-state index in [0.29, 0.717) is 29.7 Å². The van der Waals surface area contributed by atoms with Gasteiger partial charge in [0.1, 0.15) is 0 Å². The summed E-state index contributed by atoms with van der Waals surface area (Å²) in [6.07, 6.45) is 17.3. The Morgan fingerprint density at radius 1 is 0.917 bits per heavy atom. The second-order valence-electron chi connectivity index (χ2n) is 19.5. The first-order valence-corrected chi connectivity index (χ1v) is 19.5. The number of carbonyl (C=O) groups excluding carboxylic acids is 1. The van der Waals surface area contributed by atoms with E-state index in [1.165, 1.54) is 29.7 Å². The number of piperidine rings is 1. The van der Waals surface area contributed by atoms with Gasteiger partial charge < -0.3 is 5.32 Å². The molecule has 1 aromatic carbocycles. The van der Waals surface area contributed by atoms with Crippen molar-refractivity contribution in [3.8, 4) is 0 Å². The van der Waals surface area contributed by atoms with Crippen LogP contribution in [0.25, 0.3) is 0 Å². The molecule has 48 heavy (non-hydrogen) atoms. The summed E-state index contributed by atoms with van der Waals surface area (Å²) < 4.78 is 0. The van der Waals surface area contributed by atoms with Crippen LogP contribution < -0.4 is 5.32 Å². The number of fused-ring (bicyclic) bond motifs is 8. The molecule has 1 saturated heterocycles. The van der Waals surface area contributed by atoms with Gasteiger partial charge in [-0.1, -0.05) is 90.4 Å². The predicted octanol–water partition coefficient (Wildman–Crippen LogP) is 9.01. The lowest BCUT2D eigenvalue weighted by Gasteiger charge is -2.70. The molecule has 6 aliphatic rings. The van der Waals surface area contributed by atoms with Crippen molar-refractivity contribution in [3.05, 3.63) is 65.0 Å². The molecule has 2 N–H and O–H groups in total. The SMILES string of the molecule is CC1(C)CC[C@]2(C(=O)NC3CCN(Cc4ccccc4)CC3)CC[C@]3(C)C(=CC[C@@H]4[C@@]5(C)Cc6cn[nH]c6C(C)(C)C5CC[C@]43C)[C@@H]2C1. The van der Waals surface area contributed by atoms with Crippen LogP contribution in [0.4, 0.5) is 0 Å². The van der Waals surface area contributed by atoms with E-state index >= 15 is 0 Å². The van der Waals surface area contributed by atoms with E-state index in [2.05, 4.69) is 111 Å². The molecule has 4 fully saturated rings.